The van der Waals surface area contributed by atoms with Gasteiger partial charge in [-0.15, -0.1) is 0 Å². The van der Waals surface area contributed by atoms with Gasteiger partial charge in [0.25, 0.3) is 0 Å². The van der Waals surface area contributed by atoms with Gasteiger partial charge in [-0.05, 0) is 37.8 Å². The first kappa shape index (κ1) is 15.1. The average Bonchev–Trinajstić information content (AvgIpc) is 2.24. The SMILES string of the molecule is CC(C)CC(C)(O)CNC(C)c1cncc(F)c1. The Balaban J connectivity index is 2.53. The standard InChI is InChI=1S/C14H23FN2O/c1-10(2)6-14(4,18)9-17-11(3)12-5-13(15)8-16-7-12/h5,7-8,10-11,17-18H,6,9H2,1-4H3. The zero-order valence-corrected chi connectivity index (χ0v) is 11.6. The highest BCUT2D eigenvalue weighted by Gasteiger charge is 2.22. The van der Waals surface area contributed by atoms with Crippen molar-refractivity contribution in [1.82, 2.24) is 10.3 Å². The highest BCUT2D eigenvalue weighted by Crippen LogP contribution is 2.18. The normalized spacial score (nSPS) is 16.6. The molecule has 0 aliphatic rings. The summed E-state index contributed by atoms with van der Waals surface area (Å²) in [5, 5.41) is 13.4. The third-order valence-electron chi connectivity index (χ3n) is 2.86. The van der Waals surface area contributed by atoms with E-state index < -0.39 is 5.60 Å². The number of aromatic nitrogens is 1. The molecule has 2 unspecified atom stereocenters. The topological polar surface area (TPSA) is 45.1 Å². The number of pyridine rings is 1. The summed E-state index contributed by atoms with van der Waals surface area (Å²) in [6.45, 7) is 8.38. The summed E-state index contributed by atoms with van der Waals surface area (Å²) in [6, 6.07) is 1.42. The molecular formula is C14H23FN2O. The third kappa shape index (κ3) is 5.10. The lowest BCUT2D eigenvalue weighted by Crippen LogP contribution is -2.39. The summed E-state index contributed by atoms with van der Waals surface area (Å²) >= 11 is 0. The molecule has 18 heavy (non-hydrogen) atoms. The Morgan fingerprint density at radius 1 is 1.39 bits per heavy atom. The van der Waals surface area contributed by atoms with Gasteiger partial charge in [-0.2, -0.15) is 0 Å². The van der Waals surface area contributed by atoms with Gasteiger partial charge in [-0.1, -0.05) is 13.8 Å². The van der Waals surface area contributed by atoms with E-state index in [9.17, 15) is 9.50 Å². The van der Waals surface area contributed by atoms with Crippen LogP contribution in [-0.2, 0) is 0 Å². The third-order valence-corrected chi connectivity index (χ3v) is 2.86. The lowest BCUT2D eigenvalue weighted by atomic mass is 9.94. The number of halogens is 1. The lowest BCUT2D eigenvalue weighted by Gasteiger charge is -2.27. The maximum atomic E-state index is 13.0. The molecule has 1 rings (SSSR count). The Kier molecular flexibility index (Phi) is 5.23. The van der Waals surface area contributed by atoms with Gasteiger partial charge in [0.1, 0.15) is 5.82 Å². The minimum absolute atomic E-state index is 0.0353. The molecule has 1 heterocycles. The summed E-state index contributed by atoms with van der Waals surface area (Å²) < 4.78 is 13.0. The van der Waals surface area contributed by atoms with Crippen molar-refractivity contribution in [2.75, 3.05) is 6.54 Å². The fourth-order valence-corrected chi connectivity index (χ4v) is 2.11. The van der Waals surface area contributed by atoms with Crippen LogP contribution >= 0.6 is 0 Å². The molecule has 1 aromatic rings. The first-order valence-electron chi connectivity index (χ1n) is 6.36. The molecule has 0 aliphatic heterocycles. The van der Waals surface area contributed by atoms with E-state index in [2.05, 4.69) is 24.1 Å². The summed E-state index contributed by atoms with van der Waals surface area (Å²) in [7, 11) is 0. The van der Waals surface area contributed by atoms with Gasteiger partial charge >= 0.3 is 0 Å². The van der Waals surface area contributed by atoms with Gasteiger partial charge in [0, 0.05) is 18.8 Å². The quantitative estimate of drug-likeness (QED) is 0.820. The zero-order valence-electron chi connectivity index (χ0n) is 11.6. The second-order valence-corrected chi connectivity index (χ2v) is 5.63. The summed E-state index contributed by atoms with van der Waals surface area (Å²) in [6.07, 6.45) is 3.55. The predicted molar refractivity (Wildman–Crippen MR) is 70.7 cm³/mol. The molecule has 1 aromatic heterocycles. The van der Waals surface area contributed by atoms with Crippen LogP contribution in [0.4, 0.5) is 4.39 Å². The zero-order chi connectivity index (χ0) is 13.8. The molecule has 3 nitrogen and oxygen atoms in total. The molecule has 2 N–H and O–H groups in total. The molecule has 0 aliphatic carbocycles. The smallest absolute Gasteiger partial charge is 0.141 e. The van der Waals surface area contributed by atoms with Gasteiger partial charge in [0.2, 0.25) is 0 Å². The Labute approximate surface area is 108 Å². The molecular weight excluding hydrogens is 231 g/mol. The number of nitrogens with zero attached hydrogens (tertiary/aromatic N) is 1. The number of nitrogens with one attached hydrogen (secondary N) is 1. The van der Waals surface area contributed by atoms with Gasteiger partial charge in [0.15, 0.2) is 0 Å². The molecule has 2 atom stereocenters. The maximum absolute atomic E-state index is 13.0. The Morgan fingerprint density at radius 2 is 2.06 bits per heavy atom. The number of aliphatic hydroxyl groups is 1. The van der Waals surface area contributed by atoms with Crippen molar-refractivity contribution in [3.05, 3.63) is 29.8 Å². The molecule has 0 saturated heterocycles. The van der Waals surface area contributed by atoms with Crippen LogP contribution < -0.4 is 5.32 Å². The van der Waals surface area contributed by atoms with Crippen LogP contribution in [-0.4, -0.2) is 22.2 Å². The van der Waals surface area contributed by atoms with E-state index >= 15 is 0 Å². The van der Waals surface area contributed by atoms with E-state index in [4.69, 9.17) is 0 Å². The van der Waals surface area contributed by atoms with E-state index in [0.717, 1.165) is 12.0 Å². The largest absolute Gasteiger partial charge is 0.389 e. The van der Waals surface area contributed by atoms with E-state index in [1.54, 1.807) is 6.20 Å². The van der Waals surface area contributed by atoms with Crippen molar-refractivity contribution in [2.24, 2.45) is 5.92 Å². The fourth-order valence-electron chi connectivity index (χ4n) is 2.11. The minimum atomic E-state index is -0.747. The van der Waals surface area contributed by atoms with E-state index in [-0.39, 0.29) is 11.9 Å². The highest BCUT2D eigenvalue weighted by atomic mass is 19.1. The molecule has 4 heteroatoms. The number of hydrogen-bond donors (Lipinski definition) is 2. The predicted octanol–water partition coefficient (Wildman–Crippen LogP) is 2.67. The van der Waals surface area contributed by atoms with Crippen LogP contribution in [0.15, 0.2) is 18.5 Å². The Morgan fingerprint density at radius 3 is 2.61 bits per heavy atom. The monoisotopic (exact) mass is 254 g/mol. The van der Waals surface area contributed by atoms with Gasteiger partial charge in [0.05, 0.1) is 11.8 Å². The molecule has 0 radical (unpaired) electrons. The average molecular weight is 254 g/mol. The second kappa shape index (κ2) is 6.25. The molecule has 0 fully saturated rings. The van der Waals surface area contributed by atoms with Crippen molar-refractivity contribution in [3.63, 3.8) is 0 Å². The Bertz CT molecular complexity index is 380. The molecule has 0 aromatic carbocycles. The van der Waals surface area contributed by atoms with Crippen molar-refractivity contribution < 1.29 is 9.50 Å². The van der Waals surface area contributed by atoms with E-state index in [1.807, 2.05) is 13.8 Å². The van der Waals surface area contributed by atoms with Crippen LogP contribution in [0.3, 0.4) is 0 Å². The van der Waals surface area contributed by atoms with Crippen LogP contribution in [0.1, 0.15) is 45.7 Å². The summed E-state index contributed by atoms with van der Waals surface area (Å²) in [5.74, 6) is 0.100. The summed E-state index contributed by atoms with van der Waals surface area (Å²) in [4.78, 5) is 3.82. The second-order valence-electron chi connectivity index (χ2n) is 5.63. The first-order valence-corrected chi connectivity index (χ1v) is 6.36. The van der Waals surface area contributed by atoms with Crippen LogP contribution in [0, 0.1) is 11.7 Å². The van der Waals surface area contributed by atoms with Gasteiger partial charge < -0.3 is 10.4 Å². The summed E-state index contributed by atoms with van der Waals surface area (Å²) in [5.41, 5.74) is 0.0405. The lowest BCUT2D eigenvalue weighted by molar-refractivity contribution is 0.0363. The number of rotatable bonds is 6. The fraction of sp³-hybridized carbons (Fsp3) is 0.643. The van der Waals surface area contributed by atoms with Gasteiger partial charge in [-0.3, -0.25) is 4.98 Å². The van der Waals surface area contributed by atoms with Crippen LogP contribution in [0.2, 0.25) is 0 Å². The Hall–Kier alpha value is -1.00. The van der Waals surface area contributed by atoms with E-state index in [1.165, 1.54) is 12.3 Å². The van der Waals surface area contributed by atoms with Crippen LogP contribution in [0.5, 0.6) is 0 Å². The number of hydrogen-bond acceptors (Lipinski definition) is 3. The molecule has 102 valence electrons. The first-order chi connectivity index (χ1) is 8.30. The van der Waals surface area contributed by atoms with Crippen molar-refractivity contribution in [1.29, 1.82) is 0 Å². The molecule has 0 saturated carbocycles. The van der Waals surface area contributed by atoms with Crippen molar-refractivity contribution in [2.45, 2.75) is 45.8 Å². The molecule has 0 spiro atoms. The van der Waals surface area contributed by atoms with Crippen molar-refractivity contribution in [3.8, 4) is 0 Å². The highest BCUT2D eigenvalue weighted by molar-refractivity contribution is 5.14. The van der Waals surface area contributed by atoms with Gasteiger partial charge in [-0.25, -0.2) is 4.39 Å². The van der Waals surface area contributed by atoms with Crippen LogP contribution in [0.25, 0.3) is 0 Å². The maximum Gasteiger partial charge on any atom is 0.141 e. The molecule has 0 amide bonds. The molecule has 0 bridgehead atoms. The minimum Gasteiger partial charge on any atom is -0.389 e. The van der Waals surface area contributed by atoms with E-state index in [0.29, 0.717) is 12.5 Å². The van der Waals surface area contributed by atoms with Crippen molar-refractivity contribution >= 4 is 0 Å².